The molecule has 1 heterocycles. The highest BCUT2D eigenvalue weighted by Gasteiger charge is 2.14. The van der Waals surface area contributed by atoms with Crippen molar-refractivity contribution in [1.82, 2.24) is 5.32 Å². The highest BCUT2D eigenvalue weighted by molar-refractivity contribution is 5.77. The van der Waals surface area contributed by atoms with E-state index >= 15 is 0 Å². The number of amides is 1. The molecule has 1 N–H and O–H groups in total. The highest BCUT2D eigenvalue weighted by Crippen LogP contribution is 2.11. The van der Waals surface area contributed by atoms with Crippen LogP contribution in [0.3, 0.4) is 0 Å². The van der Waals surface area contributed by atoms with Crippen molar-refractivity contribution in [2.24, 2.45) is 0 Å². The van der Waals surface area contributed by atoms with Crippen molar-refractivity contribution in [2.75, 3.05) is 53.3 Å². The van der Waals surface area contributed by atoms with Gasteiger partial charge in [0.1, 0.15) is 6.61 Å². The summed E-state index contributed by atoms with van der Waals surface area (Å²) in [6.07, 6.45) is 3.29. The molecule has 0 aliphatic carbocycles. The zero-order valence-corrected chi connectivity index (χ0v) is 11.7. The molecule has 1 aliphatic heterocycles. The van der Waals surface area contributed by atoms with Crippen molar-refractivity contribution >= 4 is 5.91 Å². The molecule has 6 heteroatoms. The summed E-state index contributed by atoms with van der Waals surface area (Å²) in [7, 11) is 1.60. The normalized spacial score (nSPS) is 18.7. The first kappa shape index (κ1) is 16.4. The van der Waals surface area contributed by atoms with Crippen LogP contribution in [0.4, 0.5) is 0 Å². The largest absolute Gasteiger partial charge is 0.382 e. The molecule has 0 aromatic rings. The van der Waals surface area contributed by atoms with E-state index in [-0.39, 0.29) is 18.6 Å². The van der Waals surface area contributed by atoms with Crippen molar-refractivity contribution in [3.05, 3.63) is 0 Å². The number of ether oxygens (including phenoxy) is 4. The first-order valence-corrected chi connectivity index (χ1v) is 6.85. The number of carbonyl (C=O) groups excluding carboxylic acids is 1. The summed E-state index contributed by atoms with van der Waals surface area (Å²) in [5.41, 5.74) is 0. The van der Waals surface area contributed by atoms with Gasteiger partial charge in [-0.3, -0.25) is 4.79 Å². The second kappa shape index (κ2) is 11.2. The molecule has 0 bridgehead atoms. The summed E-state index contributed by atoms with van der Waals surface area (Å²) in [6.45, 7) is 3.79. The van der Waals surface area contributed by atoms with Gasteiger partial charge in [-0.1, -0.05) is 0 Å². The van der Waals surface area contributed by atoms with Crippen LogP contribution in [-0.2, 0) is 23.7 Å². The SMILES string of the molecule is COCCOCC(=O)NCCCOCC1CCCO1. The van der Waals surface area contributed by atoms with Gasteiger partial charge >= 0.3 is 0 Å². The Kier molecular flexibility index (Phi) is 9.61. The molecule has 1 fully saturated rings. The van der Waals surface area contributed by atoms with Gasteiger partial charge in [-0.05, 0) is 19.3 Å². The molecule has 6 nitrogen and oxygen atoms in total. The van der Waals surface area contributed by atoms with Crippen LogP contribution in [0.1, 0.15) is 19.3 Å². The van der Waals surface area contributed by atoms with Crippen molar-refractivity contribution in [1.29, 1.82) is 0 Å². The number of hydrogen-bond acceptors (Lipinski definition) is 5. The number of hydrogen-bond donors (Lipinski definition) is 1. The maximum Gasteiger partial charge on any atom is 0.246 e. The van der Waals surface area contributed by atoms with Crippen LogP contribution in [0.5, 0.6) is 0 Å². The van der Waals surface area contributed by atoms with E-state index < -0.39 is 0 Å². The molecule has 1 amide bonds. The monoisotopic (exact) mass is 275 g/mol. The van der Waals surface area contributed by atoms with Crippen molar-refractivity contribution in [3.63, 3.8) is 0 Å². The molecule has 0 radical (unpaired) electrons. The molecular weight excluding hydrogens is 250 g/mol. The third-order valence-electron chi connectivity index (χ3n) is 2.78. The molecule has 0 aromatic heterocycles. The molecule has 1 saturated heterocycles. The number of rotatable bonds is 11. The lowest BCUT2D eigenvalue weighted by Gasteiger charge is -2.10. The first-order chi connectivity index (χ1) is 9.33. The molecule has 112 valence electrons. The minimum absolute atomic E-state index is 0.0835. The minimum Gasteiger partial charge on any atom is -0.382 e. The Morgan fingerprint density at radius 2 is 2.21 bits per heavy atom. The van der Waals surface area contributed by atoms with Crippen LogP contribution < -0.4 is 5.32 Å². The fourth-order valence-corrected chi connectivity index (χ4v) is 1.75. The molecule has 1 rings (SSSR count). The highest BCUT2D eigenvalue weighted by atomic mass is 16.5. The number of methoxy groups -OCH3 is 1. The summed E-state index contributed by atoms with van der Waals surface area (Å²) in [6, 6.07) is 0. The Morgan fingerprint density at radius 1 is 1.32 bits per heavy atom. The predicted molar refractivity (Wildman–Crippen MR) is 70.1 cm³/mol. The van der Waals surface area contributed by atoms with Gasteiger partial charge in [0.15, 0.2) is 0 Å². The third kappa shape index (κ3) is 8.93. The maximum atomic E-state index is 11.3. The molecule has 0 aromatic carbocycles. The van der Waals surface area contributed by atoms with Gasteiger partial charge in [0, 0.05) is 26.9 Å². The molecular formula is C13H25NO5. The Morgan fingerprint density at radius 3 is 2.95 bits per heavy atom. The lowest BCUT2D eigenvalue weighted by molar-refractivity contribution is -0.126. The quantitative estimate of drug-likeness (QED) is 0.551. The first-order valence-electron chi connectivity index (χ1n) is 6.85. The standard InChI is InChI=1S/C13H25NO5/c1-16-8-9-18-11-13(15)14-5-3-6-17-10-12-4-2-7-19-12/h12H,2-11H2,1H3,(H,14,15). The van der Waals surface area contributed by atoms with E-state index in [0.717, 1.165) is 25.9 Å². The van der Waals surface area contributed by atoms with Crippen molar-refractivity contribution in [2.45, 2.75) is 25.4 Å². The average molecular weight is 275 g/mol. The van der Waals surface area contributed by atoms with Crippen LogP contribution in [0, 0.1) is 0 Å². The Labute approximate surface area is 114 Å². The predicted octanol–water partition coefficient (Wildman–Crippen LogP) is 0.351. The lowest BCUT2D eigenvalue weighted by atomic mass is 10.2. The smallest absolute Gasteiger partial charge is 0.246 e. The van der Waals surface area contributed by atoms with E-state index in [2.05, 4.69) is 5.32 Å². The lowest BCUT2D eigenvalue weighted by Crippen LogP contribution is -2.29. The van der Waals surface area contributed by atoms with Gasteiger partial charge in [0.25, 0.3) is 0 Å². The van der Waals surface area contributed by atoms with E-state index in [4.69, 9.17) is 18.9 Å². The molecule has 1 unspecified atom stereocenters. The van der Waals surface area contributed by atoms with Gasteiger partial charge < -0.3 is 24.3 Å². The summed E-state index contributed by atoms with van der Waals surface area (Å²) in [5, 5.41) is 2.77. The summed E-state index contributed by atoms with van der Waals surface area (Å²) in [5.74, 6) is -0.102. The molecule has 19 heavy (non-hydrogen) atoms. The fourth-order valence-electron chi connectivity index (χ4n) is 1.75. The number of nitrogens with one attached hydrogen (secondary N) is 1. The molecule has 0 spiro atoms. The Balaban J connectivity index is 1.80. The Hall–Kier alpha value is -0.690. The minimum atomic E-state index is -0.102. The van der Waals surface area contributed by atoms with Gasteiger partial charge in [-0.2, -0.15) is 0 Å². The second-order valence-electron chi connectivity index (χ2n) is 4.46. The fraction of sp³-hybridized carbons (Fsp3) is 0.923. The van der Waals surface area contributed by atoms with Gasteiger partial charge in [-0.25, -0.2) is 0 Å². The van der Waals surface area contributed by atoms with Gasteiger partial charge in [0.2, 0.25) is 5.91 Å². The maximum absolute atomic E-state index is 11.3. The van der Waals surface area contributed by atoms with Crippen LogP contribution in [0.25, 0.3) is 0 Å². The average Bonchev–Trinajstić information content (AvgIpc) is 2.92. The van der Waals surface area contributed by atoms with Gasteiger partial charge in [-0.15, -0.1) is 0 Å². The summed E-state index contributed by atoms with van der Waals surface area (Å²) >= 11 is 0. The zero-order valence-electron chi connectivity index (χ0n) is 11.7. The Bertz CT molecular complexity index is 231. The van der Waals surface area contributed by atoms with Crippen molar-refractivity contribution < 1.29 is 23.7 Å². The van der Waals surface area contributed by atoms with Crippen molar-refractivity contribution in [3.8, 4) is 0 Å². The molecule has 0 saturated carbocycles. The van der Waals surface area contributed by atoms with Crippen LogP contribution in [0.2, 0.25) is 0 Å². The number of carbonyl (C=O) groups is 1. The van der Waals surface area contributed by atoms with E-state index in [0.29, 0.717) is 33.0 Å². The summed E-state index contributed by atoms with van der Waals surface area (Å²) < 4.78 is 20.8. The zero-order chi connectivity index (χ0) is 13.8. The van der Waals surface area contributed by atoms with Crippen LogP contribution >= 0.6 is 0 Å². The second-order valence-corrected chi connectivity index (χ2v) is 4.46. The molecule has 1 atom stereocenters. The van der Waals surface area contributed by atoms with Crippen LogP contribution in [0.15, 0.2) is 0 Å². The van der Waals surface area contributed by atoms with E-state index in [1.165, 1.54) is 0 Å². The van der Waals surface area contributed by atoms with E-state index in [1.54, 1.807) is 7.11 Å². The van der Waals surface area contributed by atoms with E-state index in [9.17, 15) is 4.79 Å². The topological polar surface area (TPSA) is 66.0 Å². The third-order valence-corrected chi connectivity index (χ3v) is 2.78. The molecule has 1 aliphatic rings. The van der Waals surface area contributed by atoms with Crippen LogP contribution in [-0.4, -0.2) is 65.3 Å². The summed E-state index contributed by atoms with van der Waals surface area (Å²) in [4.78, 5) is 11.3. The van der Waals surface area contributed by atoms with E-state index in [1.807, 2.05) is 0 Å². The van der Waals surface area contributed by atoms with Gasteiger partial charge in [0.05, 0.1) is 25.9 Å².